The first kappa shape index (κ1) is 19.3. The number of benzene rings is 2. The molecule has 0 bridgehead atoms. The number of anilines is 2. The number of rotatable bonds is 7. The van der Waals surface area contributed by atoms with Crippen molar-refractivity contribution >= 4 is 17.5 Å². The highest BCUT2D eigenvalue weighted by atomic mass is 19.1. The lowest BCUT2D eigenvalue weighted by Gasteiger charge is -2.10. The molecule has 144 valence electrons. The highest BCUT2D eigenvalue weighted by Gasteiger charge is 2.11. The molecule has 0 fully saturated rings. The van der Waals surface area contributed by atoms with Gasteiger partial charge in [0.1, 0.15) is 17.3 Å². The lowest BCUT2D eigenvalue weighted by atomic mass is 10.1. The van der Waals surface area contributed by atoms with Crippen molar-refractivity contribution in [2.45, 2.75) is 13.3 Å². The van der Waals surface area contributed by atoms with Gasteiger partial charge in [0, 0.05) is 24.0 Å². The summed E-state index contributed by atoms with van der Waals surface area (Å²) in [4.78, 5) is 21.1. The van der Waals surface area contributed by atoms with Gasteiger partial charge in [0.2, 0.25) is 5.95 Å². The Morgan fingerprint density at radius 1 is 1.11 bits per heavy atom. The van der Waals surface area contributed by atoms with Gasteiger partial charge in [0.15, 0.2) is 0 Å². The van der Waals surface area contributed by atoms with Gasteiger partial charge in [-0.25, -0.2) is 14.4 Å². The Morgan fingerprint density at radius 2 is 1.93 bits per heavy atom. The summed E-state index contributed by atoms with van der Waals surface area (Å²) < 4.78 is 18.8. The Labute approximate surface area is 162 Å². The lowest BCUT2D eigenvalue weighted by Crippen LogP contribution is -2.17. The molecule has 7 heteroatoms. The first-order valence-electron chi connectivity index (χ1n) is 8.83. The number of aromatic nitrogens is 2. The fourth-order valence-corrected chi connectivity index (χ4v) is 2.67. The Hall–Kier alpha value is -3.48. The standard InChI is InChI=1S/C21H21FN4O2/c1-14-12-19(20(27)25-16-7-5-8-17(13-16)28-2)26-21(24-14)23-11-10-15-6-3-4-9-18(15)22/h3-9,12-13H,10-11H2,1-2H3,(H,25,27)(H,23,24,26). The predicted molar refractivity (Wildman–Crippen MR) is 106 cm³/mol. The molecule has 1 aromatic heterocycles. The van der Waals surface area contributed by atoms with E-state index in [4.69, 9.17) is 4.74 Å². The van der Waals surface area contributed by atoms with Crippen LogP contribution in [0.1, 0.15) is 21.7 Å². The normalized spacial score (nSPS) is 10.4. The fourth-order valence-electron chi connectivity index (χ4n) is 2.67. The van der Waals surface area contributed by atoms with E-state index >= 15 is 0 Å². The second kappa shape index (κ2) is 8.94. The van der Waals surface area contributed by atoms with Crippen LogP contribution in [-0.4, -0.2) is 29.5 Å². The molecule has 2 N–H and O–H groups in total. The number of carbonyl (C=O) groups excluding carboxylic acids is 1. The number of hydrogen-bond donors (Lipinski definition) is 2. The van der Waals surface area contributed by atoms with Gasteiger partial charge in [-0.2, -0.15) is 0 Å². The monoisotopic (exact) mass is 380 g/mol. The Bertz CT molecular complexity index is 978. The van der Waals surface area contributed by atoms with Crippen LogP contribution in [-0.2, 0) is 6.42 Å². The summed E-state index contributed by atoms with van der Waals surface area (Å²) in [6.45, 7) is 2.23. The third kappa shape index (κ3) is 5.03. The second-order valence-electron chi connectivity index (χ2n) is 6.17. The number of methoxy groups -OCH3 is 1. The zero-order valence-electron chi connectivity index (χ0n) is 15.7. The molecule has 1 amide bonds. The van der Waals surface area contributed by atoms with E-state index in [1.807, 2.05) is 0 Å². The first-order chi connectivity index (χ1) is 13.5. The van der Waals surface area contributed by atoms with Crippen LogP contribution in [0.2, 0.25) is 0 Å². The molecule has 0 saturated carbocycles. The molecule has 0 aliphatic rings. The molecule has 0 aliphatic heterocycles. The van der Waals surface area contributed by atoms with Gasteiger partial charge in [0.25, 0.3) is 5.91 Å². The molecular weight excluding hydrogens is 359 g/mol. The summed E-state index contributed by atoms with van der Waals surface area (Å²) in [7, 11) is 1.56. The number of aryl methyl sites for hydroxylation is 1. The van der Waals surface area contributed by atoms with Crippen molar-refractivity contribution in [3.63, 3.8) is 0 Å². The number of halogens is 1. The molecule has 0 aliphatic carbocycles. The van der Waals surface area contributed by atoms with Gasteiger partial charge in [-0.15, -0.1) is 0 Å². The molecular formula is C21H21FN4O2. The third-order valence-electron chi connectivity index (χ3n) is 4.05. The van der Waals surface area contributed by atoms with Crippen molar-refractivity contribution in [3.8, 4) is 5.75 Å². The van der Waals surface area contributed by atoms with Gasteiger partial charge >= 0.3 is 0 Å². The minimum absolute atomic E-state index is 0.240. The Balaban J connectivity index is 1.66. The number of amides is 1. The maximum Gasteiger partial charge on any atom is 0.274 e. The van der Waals surface area contributed by atoms with Crippen LogP contribution in [0, 0.1) is 12.7 Å². The summed E-state index contributed by atoms with van der Waals surface area (Å²) in [5.41, 5.74) is 2.11. The Morgan fingerprint density at radius 3 is 2.71 bits per heavy atom. The molecule has 0 unspecified atom stereocenters. The van der Waals surface area contributed by atoms with E-state index in [0.29, 0.717) is 41.6 Å². The minimum Gasteiger partial charge on any atom is -0.497 e. The zero-order valence-corrected chi connectivity index (χ0v) is 15.7. The van der Waals surface area contributed by atoms with Crippen LogP contribution in [0.25, 0.3) is 0 Å². The number of carbonyl (C=O) groups is 1. The largest absolute Gasteiger partial charge is 0.497 e. The van der Waals surface area contributed by atoms with E-state index < -0.39 is 0 Å². The van der Waals surface area contributed by atoms with Gasteiger partial charge in [0.05, 0.1) is 7.11 Å². The maximum absolute atomic E-state index is 13.7. The topological polar surface area (TPSA) is 76.1 Å². The highest BCUT2D eigenvalue weighted by Crippen LogP contribution is 2.17. The van der Waals surface area contributed by atoms with Crippen molar-refractivity contribution in [3.05, 3.63) is 77.4 Å². The smallest absolute Gasteiger partial charge is 0.274 e. The molecule has 0 saturated heterocycles. The minimum atomic E-state index is -0.351. The molecule has 0 atom stereocenters. The fraction of sp³-hybridized carbons (Fsp3) is 0.190. The summed E-state index contributed by atoms with van der Waals surface area (Å²) in [5.74, 6) is 0.378. The van der Waals surface area contributed by atoms with E-state index in [-0.39, 0.29) is 17.4 Å². The zero-order chi connectivity index (χ0) is 19.9. The number of nitrogens with zero attached hydrogens (tertiary/aromatic N) is 2. The van der Waals surface area contributed by atoms with Crippen molar-refractivity contribution < 1.29 is 13.9 Å². The summed E-state index contributed by atoms with van der Waals surface area (Å²) in [6, 6.07) is 15.3. The summed E-state index contributed by atoms with van der Waals surface area (Å²) in [6.07, 6.45) is 0.481. The first-order valence-corrected chi connectivity index (χ1v) is 8.83. The number of ether oxygens (including phenoxy) is 1. The van der Waals surface area contributed by atoms with E-state index in [2.05, 4.69) is 20.6 Å². The van der Waals surface area contributed by atoms with E-state index in [9.17, 15) is 9.18 Å². The molecule has 2 aromatic carbocycles. The van der Waals surface area contributed by atoms with Gasteiger partial charge < -0.3 is 15.4 Å². The average molecular weight is 380 g/mol. The van der Waals surface area contributed by atoms with Crippen molar-refractivity contribution in [1.82, 2.24) is 9.97 Å². The highest BCUT2D eigenvalue weighted by molar-refractivity contribution is 6.03. The predicted octanol–water partition coefficient (Wildman–Crippen LogP) is 3.84. The quantitative estimate of drug-likeness (QED) is 0.651. The molecule has 3 rings (SSSR count). The molecule has 0 spiro atoms. The van der Waals surface area contributed by atoms with E-state index in [1.165, 1.54) is 6.07 Å². The van der Waals surface area contributed by atoms with Crippen molar-refractivity contribution in [2.75, 3.05) is 24.3 Å². The molecule has 0 radical (unpaired) electrons. The van der Waals surface area contributed by atoms with Gasteiger partial charge in [-0.05, 0) is 43.2 Å². The third-order valence-corrected chi connectivity index (χ3v) is 4.05. The van der Waals surface area contributed by atoms with Crippen molar-refractivity contribution in [2.24, 2.45) is 0 Å². The van der Waals surface area contributed by atoms with Gasteiger partial charge in [-0.1, -0.05) is 24.3 Å². The summed E-state index contributed by atoms with van der Waals surface area (Å²) >= 11 is 0. The van der Waals surface area contributed by atoms with Crippen LogP contribution in [0.5, 0.6) is 5.75 Å². The van der Waals surface area contributed by atoms with Crippen LogP contribution >= 0.6 is 0 Å². The van der Waals surface area contributed by atoms with Crippen LogP contribution in [0.15, 0.2) is 54.6 Å². The van der Waals surface area contributed by atoms with Gasteiger partial charge in [-0.3, -0.25) is 4.79 Å². The maximum atomic E-state index is 13.7. The molecule has 6 nitrogen and oxygen atoms in total. The van der Waals surface area contributed by atoms with E-state index in [1.54, 1.807) is 62.6 Å². The van der Waals surface area contributed by atoms with Crippen LogP contribution < -0.4 is 15.4 Å². The number of nitrogens with one attached hydrogen (secondary N) is 2. The lowest BCUT2D eigenvalue weighted by molar-refractivity contribution is 0.102. The van der Waals surface area contributed by atoms with Crippen LogP contribution in [0.3, 0.4) is 0 Å². The molecule has 1 heterocycles. The average Bonchev–Trinajstić information content (AvgIpc) is 2.69. The Kier molecular flexibility index (Phi) is 6.16. The van der Waals surface area contributed by atoms with Crippen LogP contribution in [0.4, 0.5) is 16.0 Å². The molecule has 3 aromatic rings. The van der Waals surface area contributed by atoms with Crippen molar-refractivity contribution in [1.29, 1.82) is 0 Å². The second-order valence-corrected chi connectivity index (χ2v) is 6.17. The SMILES string of the molecule is COc1cccc(NC(=O)c2cc(C)nc(NCCc3ccccc3F)n2)c1. The van der Waals surface area contributed by atoms with E-state index in [0.717, 1.165) is 0 Å². The number of hydrogen-bond acceptors (Lipinski definition) is 5. The summed E-state index contributed by atoms with van der Waals surface area (Å²) in [5, 5.41) is 5.84. The molecule has 28 heavy (non-hydrogen) atoms.